The molecule has 0 saturated carbocycles. The van der Waals surface area contributed by atoms with Gasteiger partial charge >= 0.3 is 23.9 Å². The van der Waals surface area contributed by atoms with Crippen LogP contribution in [0.2, 0.25) is 0 Å². The van der Waals surface area contributed by atoms with Crippen LogP contribution < -0.4 is 0 Å². The molecular formula is C63H96O12. The van der Waals surface area contributed by atoms with Crippen LogP contribution >= 0.6 is 0 Å². The Hall–Kier alpha value is -5.14. The average Bonchev–Trinajstić information content (AvgIpc) is 3.39. The van der Waals surface area contributed by atoms with E-state index in [1.165, 1.54) is 0 Å². The molecule has 1 fully saturated rings. The predicted octanol–water partition coefficient (Wildman–Crippen LogP) is 14.2. The van der Waals surface area contributed by atoms with Gasteiger partial charge in [0.05, 0.1) is 13.0 Å². The zero-order valence-electron chi connectivity index (χ0n) is 46.0. The molecule has 0 aromatic rings. The number of aliphatic carboxylic acids is 1. The minimum atomic E-state index is -1.93. The molecule has 6 unspecified atom stereocenters. The molecule has 0 aromatic heterocycles. The molecule has 1 rings (SSSR count). The summed E-state index contributed by atoms with van der Waals surface area (Å²) < 4.78 is 28.2. The van der Waals surface area contributed by atoms with E-state index in [0.29, 0.717) is 19.3 Å². The Morgan fingerprint density at radius 2 is 0.880 bits per heavy atom. The van der Waals surface area contributed by atoms with E-state index in [1.54, 1.807) is 6.08 Å². The molecule has 420 valence electrons. The van der Waals surface area contributed by atoms with Gasteiger partial charge in [0, 0.05) is 12.8 Å². The third-order valence-electron chi connectivity index (χ3n) is 11.7. The van der Waals surface area contributed by atoms with Crippen LogP contribution in [0.15, 0.2) is 134 Å². The number of carboxylic acid groups (broad SMARTS) is 1. The second-order valence-corrected chi connectivity index (χ2v) is 18.5. The molecule has 6 atom stereocenters. The van der Waals surface area contributed by atoms with Crippen molar-refractivity contribution in [1.29, 1.82) is 0 Å². The Kier molecular flexibility index (Phi) is 45.0. The monoisotopic (exact) mass is 1040 g/mol. The molecule has 0 spiro atoms. The summed E-state index contributed by atoms with van der Waals surface area (Å²) in [6, 6.07) is 0. The van der Waals surface area contributed by atoms with Crippen LogP contribution in [-0.4, -0.2) is 89.2 Å². The first-order chi connectivity index (χ1) is 36.6. The van der Waals surface area contributed by atoms with Gasteiger partial charge in [0.25, 0.3) is 0 Å². The van der Waals surface area contributed by atoms with Gasteiger partial charge in [-0.25, -0.2) is 4.79 Å². The number of hydrogen-bond donors (Lipinski definition) is 3. The second kappa shape index (κ2) is 49.7. The van der Waals surface area contributed by atoms with E-state index in [9.17, 15) is 34.5 Å². The lowest BCUT2D eigenvalue weighted by atomic mass is 9.98. The van der Waals surface area contributed by atoms with Crippen molar-refractivity contribution >= 4 is 23.9 Å². The first-order valence-electron chi connectivity index (χ1n) is 28.2. The average molecular weight is 1050 g/mol. The number of aliphatic hydroxyl groups excluding tert-OH is 2. The van der Waals surface area contributed by atoms with Crippen molar-refractivity contribution in [3.05, 3.63) is 134 Å². The Labute approximate surface area is 451 Å². The zero-order valence-corrected chi connectivity index (χ0v) is 46.0. The number of aliphatic hydroxyl groups is 2. The summed E-state index contributed by atoms with van der Waals surface area (Å²) in [5.74, 6) is -3.36. The van der Waals surface area contributed by atoms with Gasteiger partial charge in [0.1, 0.15) is 18.8 Å². The van der Waals surface area contributed by atoms with E-state index in [4.69, 9.17) is 23.7 Å². The van der Waals surface area contributed by atoms with E-state index in [0.717, 1.165) is 128 Å². The number of carbonyl (C=O) groups excluding carboxylic acids is 3. The number of carbonyl (C=O) groups is 4. The van der Waals surface area contributed by atoms with Gasteiger partial charge in [-0.15, -0.1) is 0 Å². The van der Waals surface area contributed by atoms with Crippen LogP contribution in [-0.2, 0) is 42.9 Å². The van der Waals surface area contributed by atoms with Crippen molar-refractivity contribution in [1.82, 2.24) is 0 Å². The Morgan fingerprint density at radius 3 is 1.35 bits per heavy atom. The molecule has 3 N–H and O–H groups in total. The van der Waals surface area contributed by atoms with Gasteiger partial charge in [-0.3, -0.25) is 14.4 Å². The topological polar surface area (TPSA) is 175 Å². The van der Waals surface area contributed by atoms with E-state index in [-0.39, 0.29) is 25.9 Å². The highest BCUT2D eigenvalue weighted by Crippen LogP contribution is 2.26. The molecule has 1 saturated heterocycles. The van der Waals surface area contributed by atoms with Crippen molar-refractivity contribution in [2.24, 2.45) is 0 Å². The van der Waals surface area contributed by atoms with Gasteiger partial charge in [0.15, 0.2) is 24.6 Å². The first kappa shape index (κ1) is 67.9. The third-order valence-corrected chi connectivity index (χ3v) is 11.7. The molecule has 12 nitrogen and oxygen atoms in total. The molecule has 1 heterocycles. The molecule has 0 bridgehead atoms. The highest BCUT2D eigenvalue weighted by atomic mass is 16.7. The summed E-state index contributed by atoms with van der Waals surface area (Å²) in [4.78, 5) is 51.0. The fourth-order valence-corrected chi connectivity index (χ4v) is 7.47. The Bertz CT molecular complexity index is 1810. The van der Waals surface area contributed by atoms with Gasteiger partial charge < -0.3 is 39.0 Å². The fraction of sp³-hybridized carbons (Fsp3) is 0.587. The van der Waals surface area contributed by atoms with Crippen molar-refractivity contribution in [2.45, 2.75) is 225 Å². The van der Waals surface area contributed by atoms with E-state index in [2.05, 4.69) is 136 Å². The summed E-state index contributed by atoms with van der Waals surface area (Å²) in [6.45, 7) is 5.56. The van der Waals surface area contributed by atoms with E-state index >= 15 is 0 Å². The SMILES string of the molecule is CC/C=C\C/C=C\C/C=C\C/C=C\C/C=C\CC(=O)OCC(COC1OC(C(=O)O)C(O)C(O)C1OC(=O)CCCCCC/C=C\C/C=C\C/C=C\C/C=C\CC)OC(=O)CCCCCCC/C=C\C/C=C\CCC. The molecule has 0 aliphatic carbocycles. The normalized spacial score (nSPS) is 19.2. The largest absolute Gasteiger partial charge is 0.479 e. The van der Waals surface area contributed by atoms with Gasteiger partial charge in [-0.2, -0.15) is 0 Å². The minimum absolute atomic E-state index is 0.0144. The highest BCUT2D eigenvalue weighted by molar-refractivity contribution is 5.74. The Morgan fingerprint density at radius 1 is 0.467 bits per heavy atom. The smallest absolute Gasteiger partial charge is 0.335 e. The molecule has 12 heteroatoms. The van der Waals surface area contributed by atoms with Gasteiger partial charge in [-0.05, 0) is 109 Å². The maximum absolute atomic E-state index is 13.1. The standard InChI is InChI=1S/C63H96O12/c1-4-7-10-13-16-19-22-25-27-28-30-33-36-39-42-45-48-51-57(66)74-61-59(68)58(67)60(62(69)70)75-63(61)72-53-54(73-56(65)50-47-44-41-38-35-31-24-21-18-15-12-9-6-3)52-71-55(64)49-46-43-40-37-34-32-29-26-23-20-17-14-11-8-5-2/h7-8,10-12,15-17,19-21,24-27,29-30,33-34,37,43,46,54,58-61,63,67-68H,4-6,9,13-14,18,22-23,28,31-32,35-36,38-42,44-45,47-53H2,1-3H3,(H,69,70)/b10-7-,11-8-,15-12-,19-16-,20-17-,24-21-,27-25-,29-26-,33-30-,37-34-,46-43-. The summed E-state index contributed by atoms with van der Waals surface area (Å²) >= 11 is 0. The number of unbranched alkanes of at least 4 members (excludes halogenated alkanes) is 10. The summed E-state index contributed by atoms with van der Waals surface area (Å²) in [5, 5.41) is 31.4. The van der Waals surface area contributed by atoms with Crippen LogP contribution in [0.3, 0.4) is 0 Å². The van der Waals surface area contributed by atoms with Crippen LogP contribution in [0, 0.1) is 0 Å². The minimum Gasteiger partial charge on any atom is -0.479 e. The lowest BCUT2D eigenvalue weighted by Crippen LogP contribution is -2.61. The molecule has 75 heavy (non-hydrogen) atoms. The maximum Gasteiger partial charge on any atom is 0.335 e. The molecule has 1 aliphatic heterocycles. The third kappa shape index (κ3) is 39.9. The predicted molar refractivity (Wildman–Crippen MR) is 303 cm³/mol. The molecular weight excluding hydrogens is 949 g/mol. The van der Waals surface area contributed by atoms with Crippen molar-refractivity contribution < 1.29 is 58.2 Å². The summed E-state index contributed by atoms with van der Waals surface area (Å²) in [5.41, 5.74) is 0. The van der Waals surface area contributed by atoms with Crippen LogP contribution in [0.4, 0.5) is 0 Å². The van der Waals surface area contributed by atoms with Crippen molar-refractivity contribution in [2.75, 3.05) is 13.2 Å². The number of esters is 3. The van der Waals surface area contributed by atoms with Crippen LogP contribution in [0.5, 0.6) is 0 Å². The Balaban J connectivity index is 2.79. The fourth-order valence-electron chi connectivity index (χ4n) is 7.47. The number of allylic oxidation sites excluding steroid dienone is 21. The van der Waals surface area contributed by atoms with Crippen molar-refractivity contribution in [3.63, 3.8) is 0 Å². The van der Waals surface area contributed by atoms with Gasteiger partial charge in [-0.1, -0.05) is 193 Å². The number of rotatable bonds is 45. The van der Waals surface area contributed by atoms with E-state index in [1.807, 2.05) is 12.2 Å². The highest BCUT2D eigenvalue weighted by Gasteiger charge is 2.50. The van der Waals surface area contributed by atoms with Crippen LogP contribution in [0.25, 0.3) is 0 Å². The number of carboxylic acids is 1. The molecule has 0 aromatic carbocycles. The molecule has 0 amide bonds. The van der Waals surface area contributed by atoms with Gasteiger partial charge in [0.2, 0.25) is 0 Å². The van der Waals surface area contributed by atoms with Crippen LogP contribution in [0.1, 0.15) is 188 Å². The van der Waals surface area contributed by atoms with E-state index < -0.39 is 67.3 Å². The summed E-state index contributed by atoms with van der Waals surface area (Å²) in [7, 11) is 0. The molecule has 1 aliphatic rings. The molecule has 0 radical (unpaired) electrons. The first-order valence-corrected chi connectivity index (χ1v) is 28.2. The summed E-state index contributed by atoms with van der Waals surface area (Å²) in [6.07, 6.45) is 57.4. The second-order valence-electron chi connectivity index (χ2n) is 18.5. The number of ether oxygens (including phenoxy) is 5. The quantitative estimate of drug-likeness (QED) is 0.0228. The lowest BCUT2D eigenvalue weighted by Gasteiger charge is -2.40. The van der Waals surface area contributed by atoms with Crippen molar-refractivity contribution in [3.8, 4) is 0 Å². The maximum atomic E-state index is 13.1. The number of hydrogen-bond acceptors (Lipinski definition) is 11. The lowest BCUT2D eigenvalue weighted by molar-refractivity contribution is -0.301. The zero-order chi connectivity index (χ0) is 54.7.